The summed E-state index contributed by atoms with van der Waals surface area (Å²) in [7, 11) is 0. The van der Waals surface area contributed by atoms with Gasteiger partial charge < -0.3 is 4.74 Å². The third-order valence-electron chi connectivity index (χ3n) is 3.10. The fraction of sp³-hybridized carbons (Fsp3) is 0.529. The van der Waals surface area contributed by atoms with Gasteiger partial charge in [0.05, 0.1) is 10.6 Å². The summed E-state index contributed by atoms with van der Waals surface area (Å²) in [5.41, 5.74) is 1.42. The molecule has 0 aromatic heterocycles. The largest absolute Gasteiger partial charge is 0.462 e. The van der Waals surface area contributed by atoms with E-state index in [1.165, 1.54) is 5.56 Å². The molecule has 0 N–H and O–H groups in total. The van der Waals surface area contributed by atoms with Gasteiger partial charge in [0.15, 0.2) is 0 Å². The highest BCUT2D eigenvalue weighted by atomic mass is 35.5. The van der Waals surface area contributed by atoms with Crippen LogP contribution in [0.5, 0.6) is 0 Å². The van der Waals surface area contributed by atoms with Gasteiger partial charge in [-0.1, -0.05) is 24.6 Å². The maximum absolute atomic E-state index is 9.60. The Kier molecular flexibility index (Phi) is 6.86. The molecule has 1 heterocycles. The predicted molar refractivity (Wildman–Crippen MR) is 87.5 cm³/mol. The molecule has 0 saturated carbocycles. The normalized spacial score (nSPS) is 15.1. The molecular formula is C17H23ClN2O2. The Balaban J connectivity index is 0.000000295. The van der Waals surface area contributed by atoms with E-state index in [1.807, 2.05) is 32.9 Å². The number of halogens is 1. The molecule has 1 aliphatic heterocycles. The molecule has 0 unspecified atom stereocenters. The van der Waals surface area contributed by atoms with Crippen LogP contribution in [0.1, 0.15) is 38.8 Å². The predicted octanol–water partition coefficient (Wildman–Crippen LogP) is 3.62. The summed E-state index contributed by atoms with van der Waals surface area (Å²) in [6, 6.07) is 7.73. The number of rotatable bonds is 3. The van der Waals surface area contributed by atoms with Gasteiger partial charge in [0.1, 0.15) is 11.7 Å². The van der Waals surface area contributed by atoms with Crippen molar-refractivity contribution in [1.29, 1.82) is 5.26 Å². The average Bonchev–Trinajstić information content (AvgIpc) is 2.36. The molecule has 1 fully saturated rings. The average molecular weight is 323 g/mol. The van der Waals surface area contributed by atoms with Gasteiger partial charge in [-0.15, -0.1) is 0 Å². The van der Waals surface area contributed by atoms with Crippen molar-refractivity contribution in [2.75, 3.05) is 13.1 Å². The van der Waals surface area contributed by atoms with E-state index in [0.717, 1.165) is 25.6 Å². The Hall–Kier alpha value is -1.57. The first kappa shape index (κ1) is 18.5. The van der Waals surface area contributed by atoms with Crippen LogP contribution in [-0.2, 0) is 16.1 Å². The molecule has 0 atom stereocenters. The minimum Gasteiger partial charge on any atom is -0.462 e. The van der Waals surface area contributed by atoms with Crippen LogP contribution in [0.3, 0.4) is 0 Å². The molecule has 1 saturated heterocycles. The Morgan fingerprint density at radius 2 is 2.09 bits per heavy atom. The maximum atomic E-state index is 9.60. The lowest BCUT2D eigenvalue weighted by Crippen LogP contribution is -2.44. The fourth-order valence-electron chi connectivity index (χ4n) is 2.11. The van der Waals surface area contributed by atoms with Gasteiger partial charge in [-0.3, -0.25) is 9.69 Å². The molecule has 0 bridgehead atoms. The quantitative estimate of drug-likeness (QED) is 0.797. The molecule has 1 aromatic carbocycles. The monoisotopic (exact) mass is 322 g/mol. The van der Waals surface area contributed by atoms with E-state index in [4.69, 9.17) is 16.9 Å². The van der Waals surface area contributed by atoms with Crippen molar-refractivity contribution < 1.29 is 9.53 Å². The molecule has 0 amide bonds. The van der Waals surface area contributed by atoms with Crippen LogP contribution < -0.4 is 0 Å². The number of benzene rings is 1. The van der Waals surface area contributed by atoms with Crippen molar-refractivity contribution in [2.24, 2.45) is 5.92 Å². The molecule has 0 radical (unpaired) electrons. The minimum absolute atomic E-state index is 0.318. The Labute approximate surface area is 137 Å². The number of carbonyl (C=O) groups is 1. The first-order valence-corrected chi connectivity index (χ1v) is 7.65. The van der Waals surface area contributed by atoms with Crippen molar-refractivity contribution in [2.45, 2.75) is 39.8 Å². The van der Waals surface area contributed by atoms with Crippen molar-refractivity contribution >= 4 is 18.1 Å². The smallest absolute Gasteiger partial charge is 0.293 e. The van der Waals surface area contributed by atoms with Crippen LogP contribution in [0, 0.1) is 17.2 Å². The van der Waals surface area contributed by atoms with E-state index in [9.17, 15) is 4.79 Å². The molecule has 120 valence electrons. The van der Waals surface area contributed by atoms with Crippen molar-refractivity contribution in [3.05, 3.63) is 34.3 Å². The summed E-state index contributed by atoms with van der Waals surface area (Å²) in [4.78, 5) is 12.0. The molecular weight excluding hydrogens is 300 g/mol. The lowest BCUT2D eigenvalue weighted by molar-refractivity contribution is -0.138. The molecule has 5 heteroatoms. The zero-order valence-corrected chi connectivity index (χ0v) is 14.4. The topological polar surface area (TPSA) is 53.3 Å². The van der Waals surface area contributed by atoms with Gasteiger partial charge in [0, 0.05) is 19.6 Å². The summed E-state index contributed by atoms with van der Waals surface area (Å²) < 4.78 is 4.55. The second-order valence-electron chi connectivity index (χ2n) is 6.55. The van der Waals surface area contributed by atoms with Gasteiger partial charge >= 0.3 is 0 Å². The van der Waals surface area contributed by atoms with E-state index < -0.39 is 0 Å². The molecule has 4 nitrogen and oxygen atoms in total. The van der Waals surface area contributed by atoms with Crippen molar-refractivity contribution in [1.82, 2.24) is 4.90 Å². The van der Waals surface area contributed by atoms with Gasteiger partial charge in [0.2, 0.25) is 0 Å². The van der Waals surface area contributed by atoms with E-state index in [-0.39, 0.29) is 5.60 Å². The third-order valence-corrected chi connectivity index (χ3v) is 3.41. The lowest BCUT2D eigenvalue weighted by atomic mass is 10.0. The SMILES string of the molecule is CC(C)(C)OC=O.CC1CN(Cc2ccc(C#N)c(Cl)c2)C1. The third kappa shape index (κ3) is 6.46. The number of nitrogens with zero attached hydrogens (tertiary/aromatic N) is 2. The Morgan fingerprint density at radius 1 is 1.45 bits per heavy atom. The van der Waals surface area contributed by atoms with Gasteiger partial charge in [0.25, 0.3) is 6.47 Å². The zero-order valence-electron chi connectivity index (χ0n) is 13.6. The summed E-state index contributed by atoms with van der Waals surface area (Å²) in [5, 5.41) is 9.30. The first-order valence-electron chi connectivity index (χ1n) is 7.27. The highest BCUT2D eigenvalue weighted by Crippen LogP contribution is 2.21. The Morgan fingerprint density at radius 3 is 2.45 bits per heavy atom. The standard InChI is InChI=1S/C12H13ClN2.C5H10O2/c1-9-6-15(7-9)8-10-2-3-11(5-14)12(13)4-10;1-5(2,3)7-4-6/h2-4,9H,6-8H2,1H3;4H,1-3H3. The number of likely N-dealkylation sites (tertiary alicyclic amines) is 1. The maximum Gasteiger partial charge on any atom is 0.293 e. The van der Waals surface area contributed by atoms with E-state index >= 15 is 0 Å². The molecule has 0 spiro atoms. The van der Waals surface area contributed by atoms with E-state index in [2.05, 4.69) is 22.6 Å². The van der Waals surface area contributed by atoms with E-state index in [0.29, 0.717) is 17.1 Å². The number of carbonyl (C=O) groups excluding carboxylic acids is 1. The zero-order chi connectivity index (χ0) is 16.8. The number of ether oxygens (including phenoxy) is 1. The second-order valence-corrected chi connectivity index (χ2v) is 6.96. The highest BCUT2D eigenvalue weighted by Gasteiger charge is 2.22. The van der Waals surface area contributed by atoms with Crippen LogP contribution in [-0.4, -0.2) is 30.1 Å². The number of nitriles is 1. The van der Waals surface area contributed by atoms with Gasteiger partial charge in [-0.05, 0) is 44.4 Å². The minimum atomic E-state index is -0.318. The van der Waals surface area contributed by atoms with Gasteiger partial charge in [-0.2, -0.15) is 5.26 Å². The highest BCUT2D eigenvalue weighted by molar-refractivity contribution is 6.31. The van der Waals surface area contributed by atoms with Crippen LogP contribution in [0.2, 0.25) is 5.02 Å². The molecule has 2 rings (SSSR count). The summed E-state index contributed by atoms with van der Waals surface area (Å²) in [6.07, 6.45) is 0. The molecule has 0 aliphatic carbocycles. The lowest BCUT2D eigenvalue weighted by Gasteiger charge is -2.37. The number of hydrogen-bond donors (Lipinski definition) is 0. The van der Waals surface area contributed by atoms with Crippen LogP contribution >= 0.6 is 11.6 Å². The molecule has 1 aliphatic rings. The van der Waals surface area contributed by atoms with Crippen molar-refractivity contribution in [3.8, 4) is 6.07 Å². The van der Waals surface area contributed by atoms with Gasteiger partial charge in [-0.25, -0.2) is 0 Å². The summed E-state index contributed by atoms with van der Waals surface area (Å²) in [5.74, 6) is 0.818. The van der Waals surface area contributed by atoms with Crippen molar-refractivity contribution in [3.63, 3.8) is 0 Å². The fourth-order valence-corrected chi connectivity index (χ4v) is 2.35. The van der Waals surface area contributed by atoms with Crippen LogP contribution in [0.15, 0.2) is 18.2 Å². The van der Waals surface area contributed by atoms with Crippen LogP contribution in [0.4, 0.5) is 0 Å². The van der Waals surface area contributed by atoms with Crippen LogP contribution in [0.25, 0.3) is 0 Å². The first-order chi connectivity index (χ1) is 10.2. The molecule has 1 aromatic rings. The summed E-state index contributed by atoms with van der Waals surface area (Å²) in [6.45, 7) is 11.4. The number of hydrogen-bond acceptors (Lipinski definition) is 4. The van der Waals surface area contributed by atoms with E-state index in [1.54, 1.807) is 6.07 Å². The molecule has 22 heavy (non-hydrogen) atoms. The summed E-state index contributed by atoms with van der Waals surface area (Å²) >= 11 is 5.96. The Bertz CT molecular complexity index is 541. The second kappa shape index (κ2) is 8.17.